The van der Waals surface area contributed by atoms with Gasteiger partial charge in [0.2, 0.25) is 0 Å². The van der Waals surface area contributed by atoms with Crippen LogP contribution in [0.3, 0.4) is 0 Å². The number of anilines is 2. The van der Waals surface area contributed by atoms with Gasteiger partial charge in [0.1, 0.15) is 16.8 Å². The fraction of sp³-hybridized carbons (Fsp3) is 0.278. The van der Waals surface area contributed by atoms with Crippen LogP contribution in [0.2, 0.25) is 0 Å². The fourth-order valence-electron chi connectivity index (χ4n) is 2.49. The van der Waals surface area contributed by atoms with Gasteiger partial charge in [-0.05, 0) is 30.7 Å². The molecule has 0 bridgehead atoms. The molecule has 0 radical (unpaired) electrons. The Morgan fingerprint density at radius 2 is 1.60 bits per heavy atom. The predicted octanol–water partition coefficient (Wildman–Crippen LogP) is 5.10. The first-order valence-electron chi connectivity index (χ1n) is 8.21. The van der Waals surface area contributed by atoms with Crippen LogP contribution in [0.5, 0.6) is 0 Å². The first kappa shape index (κ1) is 23.3. The number of methoxy groups -OCH3 is 1. The van der Waals surface area contributed by atoms with E-state index in [1.165, 1.54) is 31.2 Å². The molecule has 12 heteroatoms. The summed E-state index contributed by atoms with van der Waals surface area (Å²) < 4.78 is 77.9. The van der Waals surface area contributed by atoms with Gasteiger partial charge in [0.25, 0.3) is 0 Å². The summed E-state index contributed by atoms with van der Waals surface area (Å²) in [6, 6.07) is 7.26. The number of esters is 2. The third-order valence-corrected chi connectivity index (χ3v) is 3.83. The smallest absolute Gasteiger partial charge is 0.434 e. The number of nitrogens with one attached hydrogen (secondary N) is 1. The molecule has 0 saturated heterocycles. The summed E-state index contributed by atoms with van der Waals surface area (Å²) >= 11 is 4.94. The summed E-state index contributed by atoms with van der Waals surface area (Å²) in [7, 11) is 0.812. The van der Waals surface area contributed by atoms with Crippen LogP contribution >= 0.6 is 11.6 Å². The second-order valence-corrected chi connectivity index (χ2v) is 6.11. The Balaban J connectivity index is 3.02. The molecule has 1 N–H and O–H groups in total. The molecule has 1 aromatic carbocycles. The minimum Gasteiger partial charge on any atom is -0.465 e. The van der Waals surface area contributed by atoms with E-state index in [1.54, 1.807) is 6.07 Å². The lowest BCUT2D eigenvalue weighted by molar-refractivity contribution is -0.142. The molecular formula is C18H14ClF5N2O4. The lowest BCUT2D eigenvalue weighted by Gasteiger charge is -2.22. The molecule has 0 unspecified atom stereocenters. The molecule has 0 aliphatic heterocycles. The van der Waals surface area contributed by atoms with Crippen molar-refractivity contribution in [2.24, 2.45) is 0 Å². The van der Waals surface area contributed by atoms with Crippen LogP contribution in [0.4, 0.5) is 33.3 Å². The van der Waals surface area contributed by atoms with Gasteiger partial charge in [-0.15, -0.1) is 0 Å². The standard InChI is InChI=1S/C18H14ClF5N2O4/c1-3-30-16(28)11-12(25-9-7-5-4-6-8-9)10(15(27)29-2)13(17(19,20)21)26-14(11)18(22,23)24/h4-8H,3H2,1-2H3,(H,25,26). The predicted molar refractivity (Wildman–Crippen MR) is 96.0 cm³/mol. The third-order valence-electron chi connectivity index (χ3n) is 3.65. The van der Waals surface area contributed by atoms with Gasteiger partial charge in [0.15, 0.2) is 5.69 Å². The average Bonchev–Trinajstić information content (AvgIpc) is 2.66. The SMILES string of the molecule is CCOC(=O)c1c(C(F)(F)F)nc(C(F)(F)Cl)c(C(=O)OC)c1Nc1ccccc1. The number of carbonyl (C=O) groups is 2. The van der Waals surface area contributed by atoms with Crippen LogP contribution < -0.4 is 5.32 Å². The zero-order chi connectivity index (χ0) is 22.7. The molecule has 1 heterocycles. The molecule has 30 heavy (non-hydrogen) atoms. The van der Waals surface area contributed by atoms with Gasteiger partial charge in [-0.1, -0.05) is 18.2 Å². The largest absolute Gasteiger partial charge is 0.465 e. The summed E-state index contributed by atoms with van der Waals surface area (Å²) in [4.78, 5) is 27.5. The summed E-state index contributed by atoms with van der Waals surface area (Å²) in [6.45, 7) is 0.993. The molecule has 0 amide bonds. The number of rotatable bonds is 6. The van der Waals surface area contributed by atoms with E-state index in [0.717, 1.165) is 7.11 Å². The number of halogens is 6. The Labute approximate surface area is 171 Å². The zero-order valence-corrected chi connectivity index (χ0v) is 16.2. The van der Waals surface area contributed by atoms with E-state index >= 15 is 0 Å². The molecular weight excluding hydrogens is 439 g/mol. The molecule has 2 aromatic rings. The van der Waals surface area contributed by atoms with Crippen molar-refractivity contribution in [3.05, 3.63) is 52.8 Å². The summed E-state index contributed by atoms with van der Waals surface area (Å²) in [5.74, 6) is -3.03. The lowest BCUT2D eigenvalue weighted by Crippen LogP contribution is -2.26. The Morgan fingerprint density at radius 1 is 1.03 bits per heavy atom. The Morgan fingerprint density at radius 3 is 2.07 bits per heavy atom. The molecule has 0 aliphatic rings. The first-order valence-corrected chi connectivity index (χ1v) is 8.59. The van der Waals surface area contributed by atoms with Gasteiger partial charge >= 0.3 is 23.5 Å². The van der Waals surface area contributed by atoms with E-state index in [9.17, 15) is 31.5 Å². The minimum atomic E-state index is -5.36. The maximum atomic E-state index is 14.0. The summed E-state index contributed by atoms with van der Waals surface area (Å²) in [6.07, 6.45) is -5.36. The lowest BCUT2D eigenvalue weighted by atomic mass is 10.0. The van der Waals surface area contributed by atoms with Gasteiger partial charge in [-0.25, -0.2) is 14.6 Å². The minimum absolute atomic E-state index is 0.0800. The van der Waals surface area contributed by atoms with E-state index in [1.807, 2.05) is 0 Å². The maximum Gasteiger partial charge on any atom is 0.434 e. The van der Waals surface area contributed by atoms with Gasteiger partial charge in [-0.2, -0.15) is 22.0 Å². The van der Waals surface area contributed by atoms with E-state index in [4.69, 9.17) is 11.6 Å². The molecule has 0 saturated carbocycles. The zero-order valence-electron chi connectivity index (χ0n) is 15.4. The normalized spacial score (nSPS) is 11.7. The monoisotopic (exact) mass is 452 g/mol. The Bertz CT molecular complexity index is 946. The molecule has 162 valence electrons. The highest BCUT2D eigenvalue weighted by atomic mass is 35.5. The number of hydrogen-bond acceptors (Lipinski definition) is 6. The number of nitrogens with zero attached hydrogens (tertiary/aromatic N) is 1. The fourth-order valence-corrected chi connectivity index (χ4v) is 2.63. The third kappa shape index (κ3) is 4.96. The second kappa shape index (κ2) is 8.82. The van der Waals surface area contributed by atoms with Gasteiger partial charge < -0.3 is 14.8 Å². The number of pyridine rings is 1. The molecule has 2 rings (SSSR count). The van der Waals surface area contributed by atoms with Crippen LogP contribution in [0.25, 0.3) is 0 Å². The van der Waals surface area contributed by atoms with Gasteiger partial charge in [0.05, 0.1) is 19.4 Å². The average molecular weight is 453 g/mol. The number of benzene rings is 1. The molecule has 0 aliphatic carbocycles. The summed E-state index contributed by atoms with van der Waals surface area (Å²) in [5.41, 5.74) is -6.98. The van der Waals surface area contributed by atoms with Crippen molar-refractivity contribution < 1.29 is 41.0 Å². The van der Waals surface area contributed by atoms with Crippen LogP contribution in [0.15, 0.2) is 30.3 Å². The van der Waals surface area contributed by atoms with E-state index < -0.39 is 51.7 Å². The quantitative estimate of drug-likeness (QED) is 0.373. The van der Waals surface area contributed by atoms with E-state index in [0.29, 0.717) is 0 Å². The number of ether oxygens (including phenoxy) is 2. The highest BCUT2D eigenvalue weighted by Gasteiger charge is 2.46. The van der Waals surface area contributed by atoms with Gasteiger partial charge in [-0.3, -0.25) is 0 Å². The Kier molecular flexibility index (Phi) is 6.86. The molecule has 1 aromatic heterocycles. The number of aromatic nitrogens is 1. The van der Waals surface area contributed by atoms with Crippen molar-refractivity contribution >= 4 is 34.9 Å². The van der Waals surface area contributed by atoms with Crippen molar-refractivity contribution in [1.29, 1.82) is 0 Å². The molecule has 0 fully saturated rings. The van der Waals surface area contributed by atoms with Crippen LogP contribution in [-0.4, -0.2) is 30.6 Å². The summed E-state index contributed by atoms with van der Waals surface area (Å²) in [5, 5.41) is -2.11. The van der Waals surface area contributed by atoms with Crippen molar-refractivity contribution in [3.63, 3.8) is 0 Å². The van der Waals surface area contributed by atoms with Crippen LogP contribution in [0, 0.1) is 0 Å². The van der Waals surface area contributed by atoms with Crippen molar-refractivity contribution in [2.75, 3.05) is 19.0 Å². The molecule has 0 atom stereocenters. The van der Waals surface area contributed by atoms with E-state index in [-0.39, 0.29) is 12.3 Å². The van der Waals surface area contributed by atoms with Gasteiger partial charge in [0, 0.05) is 5.69 Å². The number of para-hydroxylation sites is 1. The van der Waals surface area contributed by atoms with Crippen molar-refractivity contribution in [2.45, 2.75) is 18.5 Å². The van der Waals surface area contributed by atoms with Crippen molar-refractivity contribution in [1.82, 2.24) is 4.98 Å². The van der Waals surface area contributed by atoms with E-state index in [2.05, 4.69) is 19.8 Å². The van der Waals surface area contributed by atoms with Crippen molar-refractivity contribution in [3.8, 4) is 0 Å². The number of hydrogen-bond donors (Lipinski definition) is 1. The Hall–Kier alpha value is -2.95. The number of alkyl halides is 6. The second-order valence-electron chi connectivity index (χ2n) is 5.63. The maximum absolute atomic E-state index is 14.0. The van der Waals surface area contributed by atoms with Crippen LogP contribution in [-0.2, 0) is 21.0 Å². The first-order chi connectivity index (χ1) is 13.9. The number of carbonyl (C=O) groups excluding carboxylic acids is 2. The molecule has 0 spiro atoms. The molecule has 6 nitrogen and oxygen atoms in total. The highest BCUT2D eigenvalue weighted by Crippen LogP contribution is 2.43. The highest BCUT2D eigenvalue weighted by molar-refractivity contribution is 6.22. The topological polar surface area (TPSA) is 77.5 Å². The van der Waals surface area contributed by atoms with Crippen LogP contribution in [0.1, 0.15) is 39.0 Å².